The maximum atomic E-state index is 12.6. The van der Waals surface area contributed by atoms with Crippen LogP contribution in [0.1, 0.15) is 31.0 Å². The number of carbonyl (C=O) groups excluding carboxylic acids is 1. The van der Waals surface area contributed by atoms with Crippen molar-refractivity contribution in [2.24, 2.45) is 0 Å². The highest BCUT2D eigenvalue weighted by Gasteiger charge is 2.26. The number of benzene rings is 2. The van der Waals surface area contributed by atoms with Crippen molar-refractivity contribution in [3.63, 3.8) is 0 Å². The molecule has 0 fully saturated rings. The number of rotatable bonds is 9. The van der Waals surface area contributed by atoms with E-state index in [-0.39, 0.29) is 23.2 Å². The van der Waals surface area contributed by atoms with Gasteiger partial charge in [0.15, 0.2) is 0 Å². The number of anilines is 1. The largest absolute Gasteiger partial charge is 0.495 e. The van der Waals surface area contributed by atoms with Crippen molar-refractivity contribution in [1.82, 2.24) is 5.32 Å². The molecule has 162 valence electrons. The van der Waals surface area contributed by atoms with E-state index in [1.807, 2.05) is 31.2 Å². The first-order valence-electron chi connectivity index (χ1n) is 9.25. The lowest BCUT2D eigenvalue weighted by Gasteiger charge is -2.24. The molecule has 1 amide bonds. The van der Waals surface area contributed by atoms with E-state index in [9.17, 15) is 23.3 Å². The Morgan fingerprint density at radius 1 is 1.23 bits per heavy atom. The van der Waals surface area contributed by atoms with Crippen LogP contribution in [0.2, 0.25) is 0 Å². The van der Waals surface area contributed by atoms with Gasteiger partial charge in [-0.3, -0.25) is 19.2 Å². The van der Waals surface area contributed by atoms with Crippen LogP contribution in [-0.2, 0) is 21.2 Å². The minimum atomic E-state index is -3.93. The third-order valence-corrected chi connectivity index (χ3v) is 5.72. The quantitative estimate of drug-likeness (QED) is 0.478. The summed E-state index contributed by atoms with van der Waals surface area (Å²) in [7, 11) is -2.61. The second-order valence-corrected chi connectivity index (χ2v) is 8.67. The molecule has 10 heteroatoms. The summed E-state index contributed by atoms with van der Waals surface area (Å²) in [5, 5.41) is 13.9. The molecule has 1 atom stereocenters. The zero-order valence-corrected chi connectivity index (χ0v) is 18.1. The normalized spacial score (nSPS) is 12.1. The second kappa shape index (κ2) is 9.57. The molecule has 0 aliphatic carbocycles. The molecule has 0 aliphatic rings. The van der Waals surface area contributed by atoms with Crippen LogP contribution in [0.3, 0.4) is 0 Å². The maximum Gasteiger partial charge on any atom is 0.271 e. The Kier molecular flexibility index (Phi) is 7.38. The van der Waals surface area contributed by atoms with Crippen LogP contribution in [-0.4, -0.2) is 39.2 Å². The van der Waals surface area contributed by atoms with Gasteiger partial charge in [-0.2, -0.15) is 0 Å². The highest BCUT2D eigenvalue weighted by Crippen LogP contribution is 2.33. The van der Waals surface area contributed by atoms with Crippen molar-refractivity contribution in [2.45, 2.75) is 26.3 Å². The molecule has 2 aromatic carbocycles. The second-order valence-electron chi connectivity index (χ2n) is 6.77. The number of methoxy groups -OCH3 is 1. The molecular formula is C20H25N3O6S. The predicted molar refractivity (Wildman–Crippen MR) is 114 cm³/mol. The molecule has 0 bridgehead atoms. The summed E-state index contributed by atoms with van der Waals surface area (Å²) in [6.07, 6.45) is 1.82. The number of sulfonamides is 1. The molecule has 0 aromatic heterocycles. The summed E-state index contributed by atoms with van der Waals surface area (Å²) in [6, 6.07) is 11.0. The molecule has 0 aliphatic heterocycles. The van der Waals surface area contributed by atoms with Crippen LogP contribution in [0.4, 0.5) is 11.4 Å². The van der Waals surface area contributed by atoms with Gasteiger partial charge >= 0.3 is 0 Å². The van der Waals surface area contributed by atoms with Crippen molar-refractivity contribution in [3.8, 4) is 5.75 Å². The van der Waals surface area contributed by atoms with Crippen molar-refractivity contribution in [1.29, 1.82) is 0 Å². The molecule has 0 heterocycles. The number of nitrogens with zero attached hydrogens (tertiary/aromatic N) is 2. The molecule has 30 heavy (non-hydrogen) atoms. The van der Waals surface area contributed by atoms with Crippen molar-refractivity contribution in [3.05, 3.63) is 63.7 Å². The summed E-state index contributed by atoms with van der Waals surface area (Å²) >= 11 is 0. The summed E-state index contributed by atoms with van der Waals surface area (Å²) in [5.41, 5.74) is 1.64. The van der Waals surface area contributed by atoms with Gasteiger partial charge in [-0.15, -0.1) is 0 Å². The zero-order valence-electron chi connectivity index (χ0n) is 17.3. The van der Waals surface area contributed by atoms with Gasteiger partial charge in [-0.25, -0.2) is 8.42 Å². The molecule has 1 N–H and O–H groups in total. The minimum absolute atomic E-state index is 0.0794. The van der Waals surface area contributed by atoms with Crippen LogP contribution >= 0.6 is 0 Å². The number of nitro benzene ring substituents is 1. The van der Waals surface area contributed by atoms with E-state index >= 15 is 0 Å². The Labute approximate surface area is 175 Å². The van der Waals surface area contributed by atoms with Crippen molar-refractivity contribution in [2.75, 3.05) is 24.2 Å². The molecule has 0 radical (unpaired) electrons. The van der Waals surface area contributed by atoms with Crippen molar-refractivity contribution < 1.29 is 22.9 Å². The van der Waals surface area contributed by atoms with Crippen LogP contribution < -0.4 is 14.4 Å². The smallest absolute Gasteiger partial charge is 0.271 e. The molecule has 0 saturated carbocycles. The third-order valence-electron chi connectivity index (χ3n) is 4.59. The Balaban J connectivity index is 2.28. The van der Waals surface area contributed by atoms with E-state index in [0.717, 1.165) is 28.6 Å². The molecule has 0 unspecified atom stereocenters. The number of hydrogen-bond acceptors (Lipinski definition) is 6. The minimum Gasteiger partial charge on any atom is -0.495 e. The molecule has 0 spiro atoms. The van der Waals surface area contributed by atoms with E-state index in [4.69, 9.17) is 4.74 Å². The van der Waals surface area contributed by atoms with E-state index in [2.05, 4.69) is 5.32 Å². The van der Waals surface area contributed by atoms with Gasteiger partial charge in [0, 0.05) is 12.1 Å². The third kappa shape index (κ3) is 5.69. The summed E-state index contributed by atoms with van der Waals surface area (Å²) in [6.45, 7) is 3.29. The first-order valence-corrected chi connectivity index (χ1v) is 11.1. The molecular weight excluding hydrogens is 410 g/mol. The highest BCUT2D eigenvalue weighted by molar-refractivity contribution is 7.92. The van der Waals surface area contributed by atoms with Crippen LogP contribution in [0.5, 0.6) is 5.75 Å². The number of ether oxygens (including phenoxy) is 1. The number of nitro groups is 1. The fraction of sp³-hybridized carbons (Fsp3) is 0.350. The monoisotopic (exact) mass is 435 g/mol. The van der Waals surface area contributed by atoms with Gasteiger partial charge < -0.3 is 10.1 Å². The highest BCUT2D eigenvalue weighted by atomic mass is 32.2. The van der Waals surface area contributed by atoms with Gasteiger partial charge in [0.05, 0.1) is 24.3 Å². The average molecular weight is 436 g/mol. The Morgan fingerprint density at radius 2 is 1.87 bits per heavy atom. The maximum absolute atomic E-state index is 12.6. The first-order chi connectivity index (χ1) is 14.1. The molecule has 0 saturated heterocycles. The Morgan fingerprint density at radius 3 is 2.37 bits per heavy atom. The number of amides is 1. The van der Waals surface area contributed by atoms with E-state index in [1.165, 1.54) is 24.8 Å². The van der Waals surface area contributed by atoms with Crippen molar-refractivity contribution >= 4 is 27.3 Å². The average Bonchev–Trinajstić information content (AvgIpc) is 2.70. The Hall–Kier alpha value is -3.14. The standard InChI is InChI=1S/C20H25N3O6S/c1-5-15-6-8-16(9-7-15)14(2)21-20(24)13-22(30(4,27)28)18-12-17(23(25)26)10-11-19(18)29-3/h6-12,14H,5,13H2,1-4H3,(H,21,24)/t14-/m1/s1. The first kappa shape index (κ1) is 23.1. The lowest BCUT2D eigenvalue weighted by Crippen LogP contribution is -2.41. The number of carbonyl (C=O) groups is 1. The summed E-state index contributed by atoms with van der Waals surface area (Å²) < 4.78 is 30.7. The number of non-ortho nitro benzene ring substituents is 1. The van der Waals surface area contributed by atoms with Gasteiger partial charge in [0.1, 0.15) is 18.0 Å². The van der Waals surface area contributed by atoms with Crippen LogP contribution in [0.15, 0.2) is 42.5 Å². The van der Waals surface area contributed by atoms with E-state index in [0.29, 0.717) is 0 Å². The zero-order chi connectivity index (χ0) is 22.5. The fourth-order valence-corrected chi connectivity index (χ4v) is 3.76. The van der Waals surface area contributed by atoms with E-state index in [1.54, 1.807) is 6.92 Å². The SMILES string of the molecule is CCc1ccc([C@@H](C)NC(=O)CN(c2cc([N+](=O)[O-])ccc2OC)S(C)(=O)=O)cc1. The lowest BCUT2D eigenvalue weighted by molar-refractivity contribution is -0.384. The van der Waals surface area contributed by atoms with Gasteiger partial charge in [-0.1, -0.05) is 31.2 Å². The van der Waals surface area contributed by atoms with Gasteiger partial charge in [0.2, 0.25) is 15.9 Å². The molecule has 9 nitrogen and oxygen atoms in total. The molecule has 2 rings (SSSR count). The topological polar surface area (TPSA) is 119 Å². The summed E-state index contributed by atoms with van der Waals surface area (Å²) in [4.78, 5) is 23.1. The van der Waals surface area contributed by atoms with Crippen LogP contribution in [0, 0.1) is 10.1 Å². The van der Waals surface area contributed by atoms with Gasteiger partial charge in [0.25, 0.3) is 5.69 Å². The lowest BCUT2D eigenvalue weighted by atomic mass is 10.1. The Bertz CT molecular complexity index is 1020. The number of aryl methyl sites for hydroxylation is 1. The fourth-order valence-electron chi connectivity index (χ4n) is 2.91. The van der Waals surface area contributed by atoms with Crippen LogP contribution in [0.25, 0.3) is 0 Å². The molecule has 2 aromatic rings. The summed E-state index contributed by atoms with van der Waals surface area (Å²) in [5.74, 6) is -0.455. The number of nitrogens with one attached hydrogen (secondary N) is 1. The predicted octanol–water partition coefficient (Wildman–Crippen LogP) is 2.81. The van der Waals surface area contributed by atoms with Gasteiger partial charge in [-0.05, 0) is 30.5 Å². The number of hydrogen-bond donors (Lipinski definition) is 1. The van der Waals surface area contributed by atoms with E-state index < -0.39 is 27.4 Å².